The molecule has 4 saturated carbocycles. The number of fused-ring (bicyclic) bond motifs is 20. The van der Waals surface area contributed by atoms with Gasteiger partial charge < -0.3 is 0 Å². The van der Waals surface area contributed by atoms with Crippen LogP contribution in [0.15, 0.2) is 36.4 Å². The first-order valence-electron chi connectivity index (χ1n) is 20.6. The third kappa shape index (κ3) is 5.65. The van der Waals surface area contributed by atoms with Crippen LogP contribution in [0.3, 0.4) is 0 Å². The molecule has 10 rings (SSSR count). The molecule has 5 heterocycles. The van der Waals surface area contributed by atoms with Crippen LogP contribution in [0.1, 0.15) is 102 Å². The van der Waals surface area contributed by atoms with Crippen molar-refractivity contribution in [2.75, 3.05) is 0 Å². The predicted octanol–water partition coefficient (Wildman–Crippen LogP) is 4.55. The zero-order valence-corrected chi connectivity index (χ0v) is 29.0. The predicted molar refractivity (Wildman–Crippen MR) is 192 cm³/mol. The lowest BCUT2D eigenvalue weighted by molar-refractivity contribution is 0.145. The number of hydrogen-bond donors (Lipinski definition) is 8. The van der Waals surface area contributed by atoms with Crippen LogP contribution in [0.4, 0.5) is 0 Å². The minimum absolute atomic E-state index is 0.305. The van der Waals surface area contributed by atoms with E-state index in [1.165, 1.54) is 102 Å². The molecular weight excluding hydrogens is 592 g/mol. The molecule has 1 aromatic rings. The van der Waals surface area contributed by atoms with Crippen LogP contribution in [0.25, 0.3) is 6.08 Å². The molecule has 5 saturated heterocycles. The van der Waals surface area contributed by atoms with Gasteiger partial charge in [-0.25, -0.2) is 0 Å². The van der Waals surface area contributed by atoms with Crippen LogP contribution in [-0.4, -0.2) is 49.3 Å². The summed E-state index contributed by atoms with van der Waals surface area (Å²) in [5, 5.41) is 34.2. The summed E-state index contributed by atoms with van der Waals surface area (Å²) in [4.78, 5) is 0. The second kappa shape index (κ2) is 13.3. The molecule has 9 fully saturated rings. The van der Waals surface area contributed by atoms with Crippen molar-refractivity contribution in [3.05, 3.63) is 42.0 Å². The standard InChI is InChI=1S/C40H62N8/c1-2-11-23(12-3-1)21-22-24-13-10-20-31-32(24)40-47-38-30-19-9-8-18-29(30)36(45-38)43-34-26-15-5-4-14-25(26)33(41-34)42-35-27-16-6-7-17-28(27)37(44-35)46-39(31)48-40/h1-3,11-12,21-22,24-48H,4-10,13-20H2. The van der Waals surface area contributed by atoms with Gasteiger partial charge in [-0.1, -0.05) is 87.4 Å². The van der Waals surface area contributed by atoms with Crippen LogP contribution in [0.5, 0.6) is 0 Å². The lowest BCUT2D eigenvalue weighted by Crippen LogP contribution is -2.61. The van der Waals surface area contributed by atoms with Crippen LogP contribution in [-0.2, 0) is 0 Å². The molecule has 5 aliphatic heterocycles. The fraction of sp³-hybridized carbons (Fsp3) is 0.800. The summed E-state index contributed by atoms with van der Waals surface area (Å²) in [5.74, 6) is 6.05. The molecule has 0 spiro atoms. The van der Waals surface area contributed by atoms with Gasteiger partial charge in [0, 0.05) is 0 Å². The molecule has 1 aromatic carbocycles. The van der Waals surface area contributed by atoms with Crippen molar-refractivity contribution in [2.45, 2.75) is 146 Å². The molecule has 0 radical (unpaired) electrons. The quantitative estimate of drug-likeness (QED) is 0.236. The van der Waals surface area contributed by atoms with E-state index in [1.807, 2.05) is 0 Å². The molecule has 262 valence electrons. The summed E-state index contributed by atoms with van der Waals surface area (Å²) in [6.07, 6.45) is 28.2. The van der Waals surface area contributed by atoms with Crippen molar-refractivity contribution in [1.29, 1.82) is 0 Å². The van der Waals surface area contributed by atoms with Crippen molar-refractivity contribution in [1.82, 2.24) is 42.5 Å². The van der Waals surface area contributed by atoms with Crippen molar-refractivity contribution in [3.8, 4) is 0 Å². The zero-order valence-electron chi connectivity index (χ0n) is 29.0. The second-order valence-electron chi connectivity index (χ2n) is 17.6. The molecule has 48 heavy (non-hydrogen) atoms. The van der Waals surface area contributed by atoms with Gasteiger partial charge in [-0.15, -0.1) is 0 Å². The van der Waals surface area contributed by atoms with E-state index in [1.54, 1.807) is 0 Å². The van der Waals surface area contributed by atoms with Crippen LogP contribution in [0, 0.1) is 53.3 Å². The topological polar surface area (TPSA) is 96.2 Å². The number of allylic oxidation sites excluding steroid dienone is 1. The maximum Gasteiger partial charge on any atom is 0.0634 e. The number of nitrogens with one attached hydrogen (secondary N) is 8. The van der Waals surface area contributed by atoms with E-state index in [4.69, 9.17) is 0 Å². The summed E-state index contributed by atoms with van der Waals surface area (Å²) in [7, 11) is 0. The van der Waals surface area contributed by atoms with Gasteiger partial charge >= 0.3 is 0 Å². The Morgan fingerprint density at radius 3 is 1.15 bits per heavy atom. The summed E-state index contributed by atoms with van der Waals surface area (Å²) >= 11 is 0. The van der Waals surface area contributed by atoms with Gasteiger partial charge in [-0.05, 0) is 110 Å². The van der Waals surface area contributed by atoms with Gasteiger partial charge in [0.25, 0.3) is 0 Å². The number of hydrogen-bond acceptors (Lipinski definition) is 8. The molecular formula is C40H62N8. The molecule has 17 atom stereocenters. The molecule has 8 bridgehead atoms. The van der Waals surface area contributed by atoms with Crippen LogP contribution >= 0.6 is 0 Å². The van der Waals surface area contributed by atoms with Gasteiger partial charge in [0.2, 0.25) is 0 Å². The second-order valence-corrected chi connectivity index (χ2v) is 17.6. The van der Waals surface area contributed by atoms with Gasteiger partial charge in [-0.2, -0.15) is 0 Å². The lowest BCUT2D eigenvalue weighted by atomic mass is 9.71. The Morgan fingerprint density at radius 2 is 0.729 bits per heavy atom. The van der Waals surface area contributed by atoms with E-state index in [-0.39, 0.29) is 0 Å². The van der Waals surface area contributed by atoms with Gasteiger partial charge in [-0.3, -0.25) is 42.5 Å². The maximum atomic E-state index is 4.36. The number of benzene rings is 1. The monoisotopic (exact) mass is 655 g/mol. The van der Waals surface area contributed by atoms with E-state index in [0.29, 0.717) is 90.8 Å². The minimum atomic E-state index is 0.305. The Morgan fingerprint density at radius 1 is 0.375 bits per heavy atom. The Hall–Kier alpha value is -1.36. The highest BCUT2D eigenvalue weighted by Crippen LogP contribution is 2.47. The van der Waals surface area contributed by atoms with Crippen molar-refractivity contribution < 1.29 is 0 Å². The highest BCUT2D eigenvalue weighted by Gasteiger charge is 2.55. The summed E-state index contributed by atoms with van der Waals surface area (Å²) in [6, 6.07) is 11.0. The highest BCUT2D eigenvalue weighted by molar-refractivity contribution is 5.49. The normalized spacial score (nSPS) is 51.6. The molecule has 17 unspecified atom stereocenters. The maximum absolute atomic E-state index is 4.36. The van der Waals surface area contributed by atoms with E-state index < -0.39 is 0 Å². The largest absolute Gasteiger partial charge is 0.286 e. The number of rotatable bonds is 2. The van der Waals surface area contributed by atoms with Gasteiger partial charge in [0.15, 0.2) is 0 Å². The Balaban J connectivity index is 0.991. The first-order chi connectivity index (χ1) is 23.8. The van der Waals surface area contributed by atoms with Gasteiger partial charge in [0.1, 0.15) is 0 Å². The Bertz CT molecular complexity index is 1290. The lowest BCUT2D eigenvalue weighted by Gasteiger charge is -2.38. The molecule has 9 aliphatic rings. The molecule has 8 N–H and O–H groups in total. The van der Waals surface area contributed by atoms with E-state index >= 15 is 0 Å². The Kier molecular flexibility index (Phi) is 8.71. The van der Waals surface area contributed by atoms with Crippen molar-refractivity contribution in [2.24, 2.45) is 53.3 Å². The minimum Gasteiger partial charge on any atom is -0.286 e. The highest BCUT2D eigenvalue weighted by atomic mass is 15.4. The molecule has 0 amide bonds. The summed E-state index contributed by atoms with van der Waals surface area (Å²) in [6.45, 7) is 0. The molecule has 4 aliphatic carbocycles. The molecule has 8 nitrogen and oxygen atoms in total. The van der Waals surface area contributed by atoms with E-state index in [2.05, 4.69) is 85.0 Å². The SMILES string of the molecule is C(=CC1CCCC2C3NC4NC(NC5NC(NC6NC(NC(N3)C12)C1CCCCC61)C1CCCCC51)C1CCCCC41)c1ccccc1. The zero-order chi connectivity index (χ0) is 31.6. The van der Waals surface area contributed by atoms with Crippen molar-refractivity contribution >= 4 is 6.08 Å². The van der Waals surface area contributed by atoms with Crippen LogP contribution < -0.4 is 42.5 Å². The average Bonchev–Trinajstić information content (AvgIpc) is 3.87. The smallest absolute Gasteiger partial charge is 0.0634 e. The summed E-state index contributed by atoms with van der Waals surface area (Å²) in [5.41, 5.74) is 1.33. The first-order valence-corrected chi connectivity index (χ1v) is 20.6. The first kappa shape index (κ1) is 31.4. The van der Waals surface area contributed by atoms with Gasteiger partial charge in [0.05, 0.1) is 49.3 Å². The fourth-order valence-corrected chi connectivity index (χ4v) is 13.1. The summed E-state index contributed by atoms with van der Waals surface area (Å²) < 4.78 is 0. The van der Waals surface area contributed by atoms with Crippen molar-refractivity contribution in [3.63, 3.8) is 0 Å². The van der Waals surface area contributed by atoms with E-state index in [9.17, 15) is 0 Å². The fourth-order valence-electron chi connectivity index (χ4n) is 13.1. The average molecular weight is 655 g/mol. The van der Waals surface area contributed by atoms with E-state index in [0.717, 1.165) is 11.8 Å². The Labute approximate surface area is 288 Å². The molecule has 8 heteroatoms. The third-order valence-electron chi connectivity index (χ3n) is 15.3. The molecule has 0 aromatic heterocycles. The third-order valence-corrected chi connectivity index (χ3v) is 15.3. The van der Waals surface area contributed by atoms with Crippen LogP contribution in [0.2, 0.25) is 0 Å².